The summed E-state index contributed by atoms with van der Waals surface area (Å²) >= 11 is 0. The van der Waals surface area contributed by atoms with Gasteiger partial charge in [0.1, 0.15) is 17.1 Å². The Labute approximate surface area is 184 Å². The van der Waals surface area contributed by atoms with Crippen LogP contribution in [0.1, 0.15) is 39.2 Å². The number of esters is 1. The van der Waals surface area contributed by atoms with Crippen molar-refractivity contribution in [2.75, 3.05) is 12.8 Å². The molecule has 184 valence electrons. The zero-order valence-electron chi connectivity index (χ0n) is 16.7. The maximum atomic E-state index is 14.1. The summed E-state index contributed by atoms with van der Waals surface area (Å²) in [5, 5.41) is 3.22. The van der Waals surface area contributed by atoms with Crippen LogP contribution >= 0.6 is 0 Å². The van der Waals surface area contributed by atoms with E-state index in [0.717, 1.165) is 19.2 Å². The van der Waals surface area contributed by atoms with Gasteiger partial charge in [-0.3, -0.25) is 0 Å². The van der Waals surface area contributed by atoms with Crippen LogP contribution in [0.5, 0.6) is 0 Å². The highest BCUT2D eigenvalue weighted by Crippen LogP contribution is 2.50. The minimum Gasteiger partial charge on any atom is -0.465 e. The molecule has 0 saturated heterocycles. The van der Waals surface area contributed by atoms with Crippen molar-refractivity contribution in [3.8, 4) is 0 Å². The quantitative estimate of drug-likeness (QED) is 0.469. The van der Waals surface area contributed by atoms with Gasteiger partial charge in [-0.05, 0) is 30.3 Å². The highest BCUT2D eigenvalue weighted by molar-refractivity contribution is 6.02. The smallest absolute Gasteiger partial charge is 0.435 e. The largest absolute Gasteiger partial charge is 0.465 e. The first-order chi connectivity index (χ1) is 15.5. The molecule has 1 aromatic carbocycles. The molecule has 0 saturated carbocycles. The molecular formula is C19H12F9N3O3. The van der Waals surface area contributed by atoms with Gasteiger partial charge in [0.15, 0.2) is 0 Å². The molecule has 1 aliphatic rings. The Hall–Kier alpha value is -3.52. The second kappa shape index (κ2) is 8.06. The lowest BCUT2D eigenvalue weighted by atomic mass is 9.85. The van der Waals surface area contributed by atoms with E-state index in [1.807, 2.05) is 0 Å². The van der Waals surface area contributed by atoms with Crippen LogP contribution in [0, 0.1) is 0 Å². The molecule has 0 amide bonds. The number of rotatable bonds is 3. The maximum absolute atomic E-state index is 14.1. The Morgan fingerprint density at radius 1 is 1.00 bits per heavy atom. The highest BCUT2D eigenvalue weighted by atomic mass is 19.4. The average Bonchev–Trinajstić information content (AvgIpc) is 3.18. The van der Waals surface area contributed by atoms with Gasteiger partial charge in [-0.25, -0.2) is 9.78 Å². The van der Waals surface area contributed by atoms with Crippen molar-refractivity contribution >= 4 is 17.5 Å². The Bertz CT molecular complexity index is 1120. The predicted octanol–water partition coefficient (Wildman–Crippen LogP) is 5.07. The van der Waals surface area contributed by atoms with Crippen LogP contribution in [0.3, 0.4) is 0 Å². The van der Waals surface area contributed by atoms with Crippen LogP contribution in [-0.2, 0) is 27.5 Å². The van der Waals surface area contributed by atoms with Crippen LogP contribution < -0.4 is 5.73 Å². The third-order valence-electron chi connectivity index (χ3n) is 4.87. The number of pyridine rings is 1. The number of oxime groups is 1. The predicted molar refractivity (Wildman–Crippen MR) is 96.4 cm³/mol. The summed E-state index contributed by atoms with van der Waals surface area (Å²) in [5.74, 6) is -1.37. The van der Waals surface area contributed by atoms with Crippen molar-refractivity contribution in [3.63, 3.8) is 0 Å². The molecule has 2 heterocycles. The number of methoxy groups -OCH3 is 1. The minimum absolute atomic E-state index is 0.0800. The third kappa shape index (κ3) is 4.46. The summed E-state index contributed by atoms with van der Waals surface area (Å²) in [6.45, 7) is 0. The number of aromatic nitrogens is 1. The van der Waals surface area contributed by atoms with Crippen LogP contribution in [0.2, 0.25) is 0 Å². The van der Waals surface area contributed by atoms with Crippen LogP contribution in [-0.4, -0.2) is 30.0 Å². The van der Waals surface area contributed by atoms with Crippen LogP contribution in [0.4, 0.5) is 45.3 Å². The number of nitrogens with two attached hydrogens (primary N) is 1. The molecule has 15 heteroatoms. The van der Waals surface area contributed by atoms with Gasteiger partial charge in [0, 0.05) is 5.56 Å². The van der Waals surface area contributed by atoms with Crippen LogP contribution in [0.25, 0.3) is 0 Å². The number of halogens is 9. The molecule has 0 spiro atoms. The lowest BCUT2D eigenvalue weighted by Gasteiger charge is -2.30. The van der Waals surface area contributed by atoms with Gasteiger partial charge in [0.25, 0.3) is 5.60 Å². The molecule has 34 heavy (non-hydrogen) atoms. The summed E-state index contributed by atoms with van der Waals surface area (Å²) in [6.07, 6.45) is -17.6. The highest BCUT2D eigenvalue weighted by Gasteiger charge is 2.63. The van der Waals surface area contributed by atoms with E-state index >= 15 is 0 Å². The van der Waals surface area contributed by atoms with Gasteiger partial charge < -0.3 is 15.3 Å². The fourth-order valence-electron chi connectivity index (χ4n) is 3.15. The van der Waals surface area contributed by atoms with E-state index in [1.165, 1.54) is 0 Å². The number of carbonyl (C=O) groups excluding carboxylic acids is 1. The molecule has 1 atom stereocenters. The molecule has 1 aromatic heterocycles. The molecule has 2 aromatic rings. The monoisotopic (exact) mass is 501 g/mol. The standard InChI is InChI=1S/C19H12F9N3O3/c1-33-15(32)11-2-3-12(30-14(11)29)13-7-16(34-31-13,19(26,27)28)8-4-9(17(20,21)22)6-10(5-8)18(23,24)25/h2-6H,7H2,1H3,(H2,29,30). The van der Waals surface area contributed by atoms with Crippen molar-refractivity contribution in [1.29, 1.82) is 0 Å². The Morgan fingerprint density at radius 2 is 1.56 bits per heavy atom. The van der Waals surface area contributed by atoms with Gasteiger partial charge in [0.05, 0.1) is 30.4 Å². The lowest BCUT2D eigenvalue weighted by Crippen LogP contribution is -2.43. The number of hydrogen-bond donors (Lipinski definition) is 1. The van der Waals surface area contributed by atoms with Gasteiger partial charge in [-0.2, -0.15) is 39.5 Å². The summed E-state index contributed by atoms with van der Waals surface area (Å²) in [4.78, 5) is 19.8. The normalized spacial score (nSPS) is 18.9. The van der Waals surface area contributed by atoms with E-state index in [0.29, 0.717) is 0 Å². The van der Waals surface area contributed by atoms with E-state index in [2.05, 4.69) is 19.7 Å². The van der Waals surface area contributed by atoms with Crippen molar-refractivity contribution in [3.05, 3.63) is 58.3 Å². The summed E-state index contributed by atoms with van der Waals surface area (Å²) in [7, 11) is 1.03. The lowest BCUT2D eigenvalue weighted by molar-refractivity contribution is -0.276. The van der Waals surface area contributed by atoms with E-state index in [1.54, 1.807) is 0 Å². The van der Waals surface area contributed by atoms with Crippen molar-refractivity contribution in [2.45, 2.75) is 30.6 Å². The van der Waals surface area contributed by atoms with E-state index in [-0.39, 0.29) is 29.5 Å². The Kier molecular flexibility index (Phi) is 5.95. The van der Waals surface area contributed by atoms with Gasteiger partial charge >= 0.3 is 24.5 Å². The van der Waals surface area contributed by atoms with E-state index in [4.69, 9.17) is 5.73 Å². The molecule has 1 unspecified atom stereocenters. The van der Waals surface area contributed by atoms with Crippen molar-refractivity contribution in [2.24, 2.45) is 5.16 Å². The van der Waals surface area contributed by atoms with Gasteiger partial charge in [-0.1, -0.05) is 5.16 Å². The molecule has 0 aliphatic carbocycles. The first kappa shape index (κ1) is 25.1. The first-order valence-corrected chi connectivity index (χ1v) is 8.96. The maximum Gasteiger partial charge on any atom is 0.435 e. The molecule has 2 N–H and O–H groups in total. The minimum atomic E-state index is -5.50. The average molecular weight is 501 g/mol. The van der Waals surface area contributed by atoms with E-state index < -0.39 is 64.7 Å². The number of nitrogens with zero attached hydrogens (tertiary/aromatic N) is 2. The fraction of sp³-hybridized carbons (Fsp3) is 0.316. The summed E-state index contributed by atoms with van der Waals surface area (Å²) in [6, 6.07) is 1.60. The summed E-state index contributed by atoms with van der Waals surface area (Å²) < 4.78 is 126. The zero-order valence-corrected chi connectivity index (χ0v) is 16.7. The second-order valence-electron chi connectivity index (χ2n) is 7.05. The molecule has 0 bridgehead atoms. The Morgan fingerprint density at radius 3 is 2.00 bits per heavy atom. The topological polar surface area (TPSA) is 86.8 Å². The molecule has 6 nitrogen and oxygen atoms in total. The fourth-order valence-corrected chi connectivity index (χ4v) is 3.15. The van der Waals surface area contributed by atoms with Crippen molar-refractivity contribution < 1.29 is 53.9 Å². The second-order valence-corrected chi connectivity index (χ2v) is 7.05. The number of alkyl halides is 9. The number of ether oxygens (including phenoxy) is 1. The van der Waals surface area contributed by atoms with Crippen molar-refractivity contribution in [1.82, 2.24) is 4.98 Å². The number of hydrogen-bond acceptors (Lipinski definition) is 6. The molecule has 0 fully saturated rings. The first-order valence-electron chi connectivity index (χ1n) is 8.96. The zero-order chi connectivity index (χ0) is 25.7. The third-order valence-corrected chi connectivity index (χ3v) is 4.87. The van der Waals surface area contributed by atoms with Gasteiger partial charge in [0.2, 0.25) is 0 Å². The number of nitrogen functional groups attached to an aromatic ring is 1. The summed E-state index contributed by atoms with van der Waals surface area (Å²) in [5.41, 5.74) is -4.62. The van der Waals surface area contributed by atoms with Crippen LogP contribution in [0.15, 0.2) is 35.5 Å². The SMILES string of the molecule is COC(=O)c1ccc(C2=NOC(c3cc(C(F)(F)F)cc(C(F)(F)F)c3)(C(F)(F)F)C2)nc1N. The number of benzene rings is 1. The van der Waals surface area contributed by atoms with E-state index in [9.17, 15) is 44.3 Å². The van der Waals surface area contributed by atoms with Gasteiger partial charge in [-0.15, -0.1) is 0 Å². The molecule has 3 rings (SSSR count). The molecule has 0 radical (unpaired) electrons. The number of carbonyl (C=O) groups is 1. The molecular weight excluding hydrogens is 489 g/mol. The molecule has 1 aliphatic heterocycles. The number of anilines is 1. The Balaban J connectivity index is 2.12.